The monoisotopic (exact) mass is 248 g/mol. The van der Waals surface area contributed by atoms with Crippen molar-refractivity contribution in [2.24, 2.45) is 0 Å². The van der Waals surface area contributed by atoms with Crippen molar-refractivity contribution in [3.05, 3.63) is 29.3 Å². The zero-order valence-corrected chi connectivity index (χ0v) is 10.8. The van der Waals surface area contributed by atoms with Gasteiger partial charge < -0.3 is 9.94 Å². The van der Waals surface area contributed by atoms with Gasteiger partial charge in [0.05, 0.1) is 0 Å². The number of hydrogen-bond acceptors (Lipinski definition) is 4. The first-order chi connectivity index (χ1) is 8.70. The van der Waals surface area contributed by atoms with Gasteiger partial charge in [-0.3, -0.25) is 4.90 Å². The number of hydrogen-bond donors (Lipinski definition) is 1. The topological polar surface area (TPSA) is 35.9 Å². The Balaban J connectivity index is 1.65. The fourth-order valence-electron chi connectivity index (χ4n) is 2.70. The standard InChI is InChI=1S/C14H20N2O2/c1-11-8-13-3-2-12(9-14(13)18-11)10-15-4-6-16(17)7-5-15/h2-3,9,11,17H,4-8,10H2,1H3/t11-/m1/s1. The van der Waals surface area contributed by atoms with E-state index >= 15 is 0 Å². The van der Waals surface area contributed by atoms with Crippen molar-refractivity contribution in [1.29, 1.82) is 0 Å². The number of ether oxygens (including phenoxy) is 1. The van der Waals surface area contributed by atoms with Crippen LogP contribution in [0.15, 0.2) is 18.2 Å². The second-order valence-corrected chi connectivity index (χ2v) is 5.30. The highest BCUT2D eigenvalue weighted by atomic mass is 16.5. The molecule has 0 aliphatic carbocycles. The number of rotatable bonds is 2. The molecule has 0 spiro atoms. The van der Waals surface area contributed by atoms with Crippen LogP contribution >= 0.6 is 0 Å². The molecule has 1 aromatic rings. The van der Waals surface area contributed by atoms with E-state index in [2.05, 4.69) is 30.0 Å². The van der Waals surface area contributed by atoms with E-state index in [-0.39, 0.29) is 0 Å². The van der Waals surface area contributed by atoms with Gasteiger partial charge in [-0.15, -0.1) is 0 Å². The first-order valence-corrected chi connectivity index (χ1v) is 6.65. The molecule has 0 unspecified atom stereocenters. The second-order valence-electron chi connectivity index (χ2n) is 5.30. The molecule has 0 radical (unpaired) electrons. The van der Waals surface area contributed by atoms with Crippen LogP contribution in [-0.4, -0.2) is 47.5 Å². The maximum absolute atomic E-state index is 9.34. The van der Waals surface area contributed by atoms with Crippen LogP contribution in [0.1, 0.15) is 18.1 Å². The summed E-state index contributed by atoms with van der Waals surface area (Å²) in [5.74, 6) is 1.06. The van der Waals surface area contributed by atoms with Crippen LogP contribution < -0.4 is 4.74 Å². The van der Waals surface area contributed by atoms with E-state index in [1.165, 1.54) is 16.2 Å². The SMILES string of the molecule is C[C@@H]1Cc2ccc(CN3CCN(O)CC3)cc2O1. The van der Waals surface area contributed by atoms with Crippen LogP contribution in [0.4, 0.5) is 0 Å². The van der Waals surface area contributed by atoms with E-state index < -0.39 is 0 Å². The fourth-order valence-corrected chi connectivity index (χ4v) is 2.70. The Morgan fingerprint density at radius 3 is 2.83 bits per heavy atom. The second kappa shape index (κ2) is 4.88. The minimum Gasteiger partial charge on any atom is -0.490 e. The van der Waals surface area contributed by atoms with Crippen molar-refractivity contribution < 1.29 is 9.94 Å². The van der Waals surface area contributed by atoms with Crippen LogP contribution in [0.5, 0.6) is 5.75 Å². The number of benzene rings is 1. The molecule has 4 nitrogen and oxygen atoms in total. The minimum atomic E-state index is 0.313. The molecule has 0 bridgehead atoms. The van der Waals surface area contributed by atoms with Gasteiger partial charge in [0.2, 0.25) is 0 Å². The Bertz CT molecular complexity index is 428. The molecule has 0 saturated carbocycles. The molecular formula is C14H20N2O2. The van der Waals surface area contributed by atoms with Crippen molar-refractivity contribution in [3.63, 3.8) is 0 Å². The molecule has 1 atom stereocenters. The van der Waals surface area contributed by atoms with Gasteiger partial charge in [0, 0.05) is 39.1 Å². The quantitative estimate of drug-likeness (QED) is 0.861. The van der Waals surface area contributed by atoms with Crippen LogP contribution in [0.2, 0.25) is 0 Å². The molecule has 0 amide bonds. The lowest BCUT2D eigenvalue weighted by molar-refractivity contribution is -0.118. The number of piperazine rings is 1. The van der Waals surface area contributed by atoms with Gasteiger partial charge in [0.25, 0.3) is 0 Å². The summed E-state index contributed by atoms with van der Waals surface area (Å²) in [6.45, 7) is 6.37. The Hall–Kier alpha value is -1.10. The molecule has 2 aliphatic heterocycles. The zero-order valence-electron chi connectivity index (χ0n) is 10.8. The minimum absolute atomic E-state index is 0.313. The third-order valence-corrected chi connectivity index (χ3v) is 3.72. The van der Waals surface area contributed by atoms with Crippen LogP contribution in [0.25, 0.3) is 0 Å². The summed E-state index contributed by atoms with van der Waals surface area (Å²) < 4.78 is 5.79. The van der Waals surface area contributed by atoms with Gasteiger partial charge in [0.15, 0.2) is 0 Å². The molecule has 4 heteroatoms. The Labute approximate surface area is 108 Å². The van der Waals surface area contributed by atoms with Gasteiger partial charge in [-0.2, -0.15) is 5.06 Å². The molecule has 1 fully saturated rings. The average molecular weight is 248 g/mol. The molecule has 3 rings (SSSR count). The largest absolute Gasteiger partial charge is 0.490 e. The molecule has 1 aromatic carbocycles. The summed E-state index contributed by atoms with van der Waals surface area (Å²) in [5, 5.41) is 10.7. The molecule has 2 heterocycles. The van der Waals surface area contributed by atoms with E-state index in [9.17, 15) is 5.21 Å². The summed E-state index contributed by atoms with van der Waals surface area (Å²) in [6.07, 6.45) is 1.34. The lowest BCUT2D eigenvalue weighted by Crippen LogP contribution is -2.44. The zero-order chi connectivity index (χ0) is 12.5. The average Bonchev–Trinajstić information content (AvgIpc) is 2.71. The molecule has 1 N–H and O–H groups in total. The molecular weight excluding hydrogens is 228 g/mol. The first-order valence-electron chi connectivity index (χ1n) is 6.65. The van der Waals surface area contributed by atoms with Crippen molar-refractivity contribution in [3.8, 4) is 5.75 Å². The molecule has 1 saturated heterocycles. The Morgan fingerprint density at radius 2 is 2.06 bits per heavy atom. The van der Waals surface area contributed by atoms with E-state index in [0.29, 0.717) is 6.10 Å². The summed E-state index contributed by atoms with van der Waals surface area (Å²) in [7, 11) is 0. The van der Waals surface area contributed by atoms with E-state index in [4.69, 9.17) is 4.74 Å². The summed E-state index contributed by atoms with van der Waals surface area (Å²) in [6, 6.07) is 6.56. The maximum atomic E-state index is 9.34. The molecule has 0 aromatic heterocycles. The van der Waals surface area contributed by atoms with Gasteiger partial charge in [-0.1, -0.05) is 12.1 Å². The Kier molecular flexibility index (Phi) is 3.24. The van der Waals surface area contributed by atoms with Crippen molar-refractivity contribution in [2.45, 2.75) is 26.0 Å². The predicted octanol–water partition coefficient (Wildman–Crippen LogP) is 1.52. The van der Waals surface area contributed by atoms with Gasteiger partial charge in [0.1, 0.15) is 11.9 Å². The third kappa shape index (κ3) is 2.51. The molecule has 18 heavy (non-hydrogen) atoms. The van der Waals surface area contributed by atoms with Gasteiger partial charge >= 0.3 is 0 Å². The van der Waals surface area contributed by atoms with Crippen LogP contribution in [0, 0.1) is 0 Å². The van der Waals surface area contributed by atoms with Gasteiger partial charge in [-0.25, -0.2) is 0 Å². The predicted molar refractivity (Wildman–Crippen MR) is 68.9 cm³/mol. The van der Waals surface area contributed by atoms with Crippen molar-refractivity contribution in [2.75, 3.05) is 26.2 Å². The normalized spacial score (nSPS) is 24.9. The summed E-state index contributed by atoms with van der Waals surface area (Å²) in [5.41, 5.74) is 2.63. The first kappa shape index (κ1) is 12.0. The summed E-state index contributed by atoms with van der Waals surface area (Å²) in [4.78, 5) is 2.37. The highest BCUT2D eigenvalue weighted by molar-refractivity contribution is 5.40. The van der Waals surface area contributed by atoms with Crippen molar-refractivity contribution in [1.82, 2.24) is 9.96 Å². The van der Waals surface area contributed by atoms with Crippen LogP contribution in [0.3, 0.4) is 0 Å². The number of fused-ring (bicyclic) bond motifs is 1. The van der Waals surface area contributed by atoms with Crippen LogP contribution in [-0.2, 0) is 13.0 Å². The van der Waals surface area contributed by atoms with Crippen molar-refractivity contribution >= 4 is 0 Å². The highest BCUT2D eigenvalue weighted by Gasteiger charge is 2.20. The molecule has 2 aliphatic rings. The van der Waals surface area contributed by atoms with E-state index in [1.54, 1.807) is 0 Å². The number of hydroxylamine groups is 2. The lowest BCUT2D eigenvalue weighted by atomic mass is 10.1. The Morgan fingerprint density at radius 1 is 1.28 bits per heavy atom. The maximum Gasteiger partial charge on any atom is 0.123 e. The molecule has 98 valence electrons. The van der Waals surface area contributed by atoms with Gasteiger partial charge in [-0.05, 0) is 24.1 Å². The fraction of sp³-hybridized carbons (Fsp3) is 0.571. The lowest BCUT2D eigenvalue weighted by Gasteiger charge is -2.31. The third-order valence-electron chi connectivity index (χ3n) is 3.72. The number of nitrogens with zero attached hydrogens (tertiary/aromatic N) is 2. The highest BCUT2D eigenvalue weighted by Crippen LogP contribution is 2.29. The smallest absolute Gasteiger partial charge is 0.123 e. The summed E-state index contributed by atoms with van der Waals surface area (Å²) >= 11 is 0. The van der Waals surface area contributed by atoms with E-state index in [0.717, 1.165) is 44.9 Å². The van der Waals surface area contributed by atoms with E-state index in [1.807, 2.05) is 0 Å².